The van der Waals surface area contributed by atoms with Crippen molar-refractivity contribution in [2.24, 2.45) is 11.3 Å². The van der Waals surface area contributed by atoms with Gasteiger partial charge in [0.2, 0.25) is 5.91 Å². The molecule has 0 bridgehead atoms. The van der Waals surface area contributed by atoms with Gasteiger partial charge in [-0.05, 0) is 47.8 Å². The van der Waals surface area contributed by atoms with E-state index in [4.69, 9.17) is 0 Å². The fourth-order valence-corrected chi connectivity index (χ4v) is 5.08. The van der Waals surface area contributed by atoms with E-state index in [1.54, 1.807) is 6.92 Å². The van der Waals surface area contributed by atoms with E-state index in [-0.39, 0.29) is 11.3 Å². The fourth-order valence-electron chi connectivity index (χ4n) is 5.08. The first-order chi connectivity index (χ1) is 13.4. The summed E-state index contributed by atoms with van der Waals surface area (Å²) in [7, 11) is 0. The molecule has 2 atom stereocenters. The number of nitrogens with zero attached hydrogens (tertiary/aromatic N) is 1. The molecule has 3 nitrogen and oxygen atoms in total. The third-order valence-electron chi connectivity index (χ3n) is 6.65. The van der Waals surface area contributed by atoms with Crippen LogP contribution >= 0.6 is 0 Å². The van der Waals surface area contributed by atoms with Crippen LogP contribution in [0.15, 0.2) is 54.6 Å². The van der Waals surface area contributed by atoms with E-state index < -0.39 is 0 Å². The standard InChI is InChI=1S/C25H30N2O/c1-17-23(24-21(25(24,3)4)14-15-26-18(2)28)20-12-8-9-13-22(20)27(17)16-19-10-6-5-7-11-19/h5-13,21,24H,14-16H2,1-4H3,(H,26,28)/t21-,24+/m1/s1. The van der Waals surface area contributed by atoms with Crippen LogP contribution in [-0.4, -0.2) is 17.0 Å². The maximum absolute atomic E-state index is 11.2. The summed E-state index contributed by atoms with van der Waals surface area (Å²) in [6.45, 7) is 10.3. The molecule has 2 aromatic carbocycles. The second kappa shape index (κ2) is 7.12. The van der Waals surface area contributed by atoms with Gasteiger partial charge in [-0.25, -0.2) is 0 Å². The molecule has 1 aliphatic rings. The molecule has 1 fully saturated rings. The Morgan fingerprint density at radius 1 is 1.07 bits per heavy atom. The molecule has 1 amide bonds. The van der Waals surface area contributed by atoms with Gasteiger partial charge in [-0.2, -0.15) is 0 Å². The van der Waals surface area contributed by atoms with Gasteiger partial charge in [-0.3, -0.25) is 4.79 Å². The monoisotopic (exact) mass is 374 g/mol. The van der Waals surface area contributed by atoms with Crippen molar-refractivity contribution >= 4 is 16.8 Å². The first-order valence-electron chi connectivity index (χ1n) is 10.3. The van der Waals surface area contributed by atoms with E-state index in [9.17, 15) is 4.79 Å². The average molecular weight is 375 g/mol. The van der Waals surface area contributed by atoms with Gasteiger partial charge >= 0.3 is 0 Å². The average Bonchev–Trinajstić information content (AvgIpc) is 3.08. The lowest BCUT2D eigenvalue weighted by Gasteiger charge is -2.10. The molecule has 1 saturated carbocycles. The topological polar surface area (TPSA) is 34.0 Å². The smallest absolute Gasteiger partial charge is 0.216 e. The predicted molar refractivity (Wildman–Crippen MR) is 116 cm³/mol. The van der Waals surface area contributed by atoms with Gasteiger partial charge in [0.1, 0.15) is 0 Å². The van der Waals surface area contributed by atoms with E-state index >= 15 is 0 Å². The highest BCUT2D eigenvalue weighted by atomic mass is 16.1. The Bertz CT molecular complexity index is 1000. The highest BCUT2D eigenvalue weighted by molar-refractivity contribution is 5.87. The number of amides is 1. The van der Waals surface area contributed by atoms with Crippen molar-refractivity contribution in [3.05, 3.63) is 71.4 Å². The number of para-hydroxylation sites is 1. The Labute approximate surface area is 167 Å². The van der Waals surface area contributed by atoms with Crippen LogP contribution in [0.25, 0.3) is 10.9 Å². The zero-order chi connectivity index (χ0) is 19.9. The molecular weight excluding hydrogens is 344 g/mol. The van der Waals surface area contributed by atoms with Crippen molar-refractivity contribution in [1.82, 2.24) is 9.88 Å². The SMILES string of the molecule is CC(=O)NCC[C@@H]1[C@@H](c2c(C)n(Cc3ccccc3)c3ccccc23)C1(C)C. The number of carbonyl (C=O) groups is 1. The fraction of sp³-hybridized carbons (Fsp3) is 0.400. The third-order valence-corrected chi connectivity index (χ3v) is 6.65. The van der Waals surface area contributed by atoms with Crippen molar-refractivity contribution in [3.63, 3.8) is 0 Å². The molecular formula is C25H30N2O. The van der Waals surface area contributed by atoms with E-state index in [0.29, 0.717) is 11.8 Å². The van der Waals surface area contributed by atoms with E-state index in [1.165, 1.54) is 27.7 Å². The molecule has 146 valence electrons. The summed E-state index contributed by atoms with van der Waals surface area (Å²) in [5, 5.41) is 4.36. The quantitative estimate of drug-likeness (QED) is 0.627. The predicted octanol–water partition coefficient (Wildman–Crippen LogP) is 5.26. The molecule has 1 heterocycles. The molecule has 4 rings (SSSR count). The highest BCUT2D eigenvalue weighted by Gasteiger charge is 2.58. The van der Waals surface area contributed by atoms with Gasteiger partial charge in [0.05, 0.1) is 0 Å². The third kappa shape index (κ3) is 3.23. The molecule has 0 saturated heterocycles. The first-order valence-corrected chi connectivity index (χ1v) is 10.3. The zero-order valence-corrected chi connectivity index (χ0v) is 17.3. The Kier molecular flexibility index (Phi) is 4.78. The lowest BCUT2D eigenvalue weighted by Crippen LogP contribution is -2.21. The molecule has 0 unspecified atom stereocenters. The summed E-state index contributed by atoms with van der Waals surface area (Å²) in [5.41, 5.74) is 5.80. The van der Waals surface area contributed by atoms with Crippen LogP contribution in [0.2, 0.25) is 0 Å². The van der Waals surface area contributed by atoms with Crippen LogP contribution in [0, 0.1) is 18.3 Å². The summed E-state index contributed by atoms with van der Waals surface area (Å²) in [4.78, 5) is 11.2. The Balaban J connectivity index is 1.70. The highest BCUT2D eigenvalue weighted by Crippen LogP contribution is 2.67. The number of hydrogen-bond acceptors (Lipinski definition) is 1. The van der Waals surface area contributed by atoms with Crippen LogP contribution < -0.4 is 5.32 Å². The number of benzene rings is 2. The van der Waals surface area contributed by atoms with Crippen LogP contribution in [0.4, 0.5) is 0 Å². The van der Waals surface area contributed by atoms with Crippen molar-refractivity contribution < 1.29 is 4.79 Å². The largest absolute Gasteiger partial charge is 0.356 e. The van der Waals surface area contributed by atoms with Crippen molar-refractivity contribution in [2.75, 3.05) is 6.54 Å². The number of rotatable bonds is 6. The summed E-state index contributed by atoms with van der Waals surface area (Å²) in [6, 6.07) is 19.5. The van der Waals surface area contributed by atoms with Gasteiger partial charge in [-0.15, -0.1) is 0 Å². The Morgan fingerprint density at radius 3 is 2.46 bits per heavy atom. The van der Waals surface area contributed by atoms with Crippen LogP contribution in [-0.2, 0) is 11.3 Å². The first kappa shape index (κ1) is 18.8. The minimum atomic E-state index is 0.0608. The molecule has 0 spiro atoms. The van der Waals surface area contributed by atoms with Crippen molar-refractivity contribution in [2.45, 2.75) is 46.6 Å². The summed E-state index contributed by atoms with van der Waals surface area (Å²) < 4.78 is 2.47. The van der Waals surface area contributed by atoms with Gasteiger partial charge in [0.15, 0.2) is 0 Å². The van der Waals surface area contributed by atoms with Gasteiger partial charge in [0.25, 0.3) is 0 Å². The zero-order valence-electron chi connectivity index (χ0n) is 17.3. The lowest BCUT2D eigenvalue weighted by atomic mass is 10.0. The molecule has 1 aliphatic carbocycles. The lowest BCUT2D eigenvalue weighted by molar-refractivity contribution is -0.118. The number of aromatic nitrogens is 1. The van der Waals surface area contributed by atoms with Crippen LogP contribution in [0.1, 0.15) is 49.9 Å². The molecule has 0 radical (unpaired) electrons. The molecule has 1 N–H and O–H groups in total. The number of fused-ring (bicyclic) bond motifs is 1. The molecule has 1 aromatic heterocycles. The molecule has 3 aromatic rings. The van der Waals surface area contributed by atoms with E-state index in [0.717, 1.165) is 19.5 Å². The summed E-state index contributed by atoms with van der Waals surface area (Å²) >= 11 is 0. The second-order valence-electron chi connectivity index (χ2n) is 8.77. The Morgan fingerprint density at radius 2 is 1.75 bits per heavy atom. The van der Waals surface area contributed by atoms with Crippen LogP contribution in [0.5, 0.6) is 0 Å². The van der Waals surface area contributed by atoms with Crippen molar-refractivity contribution in [3.8, 4) is 0 Å². The van der Waals surface area contributed by atoms with Gasteiger partial charge in [0, 0.05) is 36.6 Å². The van der Waals surface area contributed by atoms with Crippen LogP contribution in [0.3, 0.4) is 0 Å². The van der Waals surface area contributed by atoms with E-state index in [1.807, 2.05) is 0 Å². The number of hydrogen-bond donors (Lipinski definition) is 1. The number of nitrogens with one attached hydrogen (secondary N) is 1. The van der Waals surface area contributed by atoms with E-state index in [2.05, 4.69) is 85.3 Å². The summed E-state index contributed by atoms with van der Waals surface area (Å²) in [6.07, 6.45) is 1.04. The minimum absolute atomic E-state index is 0.0608. The second-order valence-corrected chi connectivity index (χ2v) is 8.77. The van der Waals surface area contributed by atoms with Gasteiger partial charge < -0.3 is 9.88 Å². The normalized spacial score (nSPS) is 20.3. The molecule has 0 aliphatic heterocycles. The van der Waals surface area contributed by atoms with Crippen molar-refractivity contribution in [1.29, 1.82) is 0 Å². The maximum Gasteiger partial charge on any atom is 0.216 e. The summed E-state index contributed by atoms with van der Waals surface area (Å²) in [5.74, 6) is 1.21. The molecule has 28 heavy (non-hydrogen) atoms. The maximum atomic E-state index is 11.2. The molecule has 3 heteroatoms. The minimum Gasteiger partial charge on any atom is -0.356 e. The van der Waals surface area contributed by atoms with Gasteiger partial charge in [-0.1, -0.05) is 62.4 Å². The number of carbonyl (C=O) groups excluding carboxylic acids is 1. The Hall–Kier alpha value is -2.55.